The monoisotopic (exact) mass is 347 g/mol. The lowest BCUT2D eigenvalue weighted by molar-refractivity contribution is 0.0944. The number of anilines is 2. The molecule has 3 rings (SSSR count). The predicted octanol–water partition coefficient (Wildman–Crippen LogP) is 3.16. The Morgan fingerprint density at radius 2 is 1.81 bits per heavy atom. The van der Waals surface area contributed by atoms with E-state index in [4.69, 9.17) is 5.26 Å². The van der Waals surface area contributed by atoms with Gasteiger partial charge in [-0.2, -0.15) is 5.26 Å². The standard InChI is InChI=1S/C19H14FN5O/c20-15-7-3-1-6-14(15)12-22-19(26)17-9-10-18(25-24-17)23-16-8-4-2-5-13(16)11-21/h1-10H,12H2,(H,22,26)(H,23,25). The van der Waals surface area contributed by atoms with E-state index in [1.165, 1.54) is 12.1 Å². The number of benzene rings is 2. The first-order chi connectivity index (χ1) is 12.7. The lowest BCUT2D eigenvalue weighted by Gasteiger charge is -2.08. The van der Waals surface area contributed by atoms with Gasteiger partial charge in [-0.3, -0.25) is 4.79 Å². The molecule has 0 aliphatic carbocycles. The second kappa shape index (κ2) is 7.85. The third-order valence-corrected chi connectivity index (χ3v) is 3.60. The van der Waals surface area contributed by atoms with Gasteiger partial charge in [-0.15, -0.1) is 10.2 Å². The number of nitriles is 1. The highest BCUT2D eigenvalue weighted by atomic mass is 19.1. The number of halogens is 1. The van der Waals surface area contributed by atoms with Crippen LogP contribution in [0, 0.1) is 17.1 Å². The molecule has 0 atom stereocenters. The maximum absolute atomic E-state index is 13.6. The molecule has 128 valence electrons. The summed E-state index contributed by atoms with van der Waals surface area (Å²) in [4.78, 5) is 12.1. The van der Waals surface area contributed by atoms with Crippen molar-refractivity contribution in [3.05, 3.63) is 83.3 Å². The first-order valence-corrected chi connectivity index (χ1v) is 7.79. The van der Waals surface area contributed by atoms with Crippen molar-refractivity contribution in [2.24, 2.45) is 0 Å². The minimum atomic E-state index is -0.454. The third-order valence-electron chi connectivity index (χ3n) is 3.60. The number of amides is 1. The van der Waals surface area contributed by atoms with Gasteiger partial charge in [0, 0.05) is 12.1 Å². The Hall–Kier alpha value is -3.79. The fourth-order valence-electron chi connectivity index (χ4n) is 2.26. The highest BCUT2D eigenvalue weighted by molar-refractivity contribution is 5.92. The van der Waals surface area contributed by atoms with E-state index in [-0.39, 0.29) is 18.1 Å². The highest BCUT2D eigenvalue weighted by Gasteiger charge is 2.10. The normalized spacial score (nSPS) is 10.0. The number of hydrogen-bond acceptors (Lipinski definition) is 5. The summed E-state index contributed by atoms with van der Waals surface area (Å²) < 4.78 is 13.6. The van der Waals surface area contributed by atoms with Gasteiger partial charge in [0.15, 0.2) is 11.5 Å². The van der Waals surface area contributed by atoms with E-state index in [0.717, 1.165) is 0 Å². The minimum absolute atomic E-state index is 0.0583. The Morgan fingerprint density at radius 1 is 1.04 bits per heavy atom. The first kappa shape index (κ1) is 17.0. The number of nitrogens with one attached hydrogen (secondary N) is 2. The van der Waals surface area contributed by atoms with Crippen molar-refractivity contribution in [2.75, 3.05) is 5.32 Å². The Morgan fingerprint density at radius 3 is 2.54 bits per heavy atom. The van der Waals surface area contributed by atoms with Gasteiger partial charge in [-0.1, -0.05) is 30.3 Å². The molecule has 1 heterocycles. The van der Waals surface area contributed by atoms with Gasteiger partial charge < -0.3 is 10.6 Å². The van der Waals surface area contributed by atoms with Gasteiger partial charge in [0.05, 0.1) is 11.3 Å². The number of carbonyl (C=O) groups excluding carboxylic acids is 1. The van der Waals surface area contributed by atoms with Crippen LogP contribution in [0.3, 0.4) is 0 Å². The average molecular weight is 347 g/mol. The third kappa shape index (κ3) is 3.99. The molecule has 0 bridgehead atoms. The summed E-state index contributed by atoms with van der Waals surface area (Å²) in [6.45, 7) is 0.0583. The highest BCUT2D eigenvalue weighted by Crippen LogP contribution is 2.18. The molecular weight excluding hydrogens is 333 g/mol. The summed E-state index contributed by atoms with van der Waals surface area (Å²) in [5, 5.41) is 22.5. The molecule has 0 unspecified atom stereocenters. The van der Waals surface area contributed by atoms with Crippen LogP contribution in [-0.4, -0.2) is 16.1 Å². The van der Waals surface area contributed by atoms with Crippen LogP contribution in [0.5, 0.6) is 0 Å². The van der Waals surface area contributed by atoms with Gasteiger partial charge in [0.25, 0.3) is 5.91 Å². The topological polar surface area (TPSA) is 90.7 Å². The summed E-state index contributed by atoms with van der Waals surface area (Å²) in [6, 6.07) is 18.4. The molecule has 6 nitrogen and oxygen atoms in total. The second-order valence-corrected chi connectivity index (χ2v) is 5.36. The molecule has 3 aromatic rings. The molecule has 2 N–H and O–H groups in total. The van der Waals surface area contributed by atoms with Gasteiger partial charge in [-0.05, 0) is 30.3 Å². The molecular formula is C19H14FN5O. The Balaban J connectivity index is 1.65. The molecule has 1 aromatic heterocycles. The number of aromatic nitrogens is 2. The van der Waals surface area contributed by atoms with Gasteiger partial charge >= 0.3 is 0 Å². The van der Waals surface area contributed by atoms with Crippen LogP contribution >= 0.6 is 0 Å². The predicted molar refractivity (Wildman–Crippen MR) is 94.0 cm³/mol. The molecule has 0 saturated heterocycles. The molecule has 26 heavy (non-hydrogen) atoms. The molecule has 0 radical (unpaired) electrons. The fraction of sp³-hybridized carbons (Fsp3) is 0.0526. The summed E-state index contributed by atoms with van der Waals surface area (Å²) in [7, 11) is 0. The first-order valence-electron chi connectivity index (χ1n) is 7.79. The van der Waals surface area contributed by atoms with E-state index in [1.807, 2.05) is 0 Å². The van der Waals surface area contributed by atoms with Crippen molar-refractivity contribution in [3.8, 4) is 6.07 Å². The lowest BCUT2D eigenvalue weighted by Crippen LogP contribution is -2.24. The molecule has 0 saturated carbocycles. The zero-order valence-electron chi connectivity index (χ0n) is 13.6. The average Bonchev–Trinajstić information content (AvgIpc) is 2.68. The number of rotatable bonds is 5. The number of hydrogen-bond donors (Lipinski definition) is 2. The fourth-order valence-corrected chi connectivity index (χ4v) is 2.26. The molecule has 2 aromatic carbocycles. The second-order valence-electron chi connectivity index (χ2n) is 5.36. The summed E-state index contributed by atoms with van der Waals surface area (Å²) >= 11 is 0. The van der Waals surface area contributed by atoms with E-state index < -0.39 is 5.91 Å². The largest absolute Gasteiger partial charge is 0.346 e. The number of carbonyl (C=O) groups is 1. The smallest absolute Gasteiger partial charge is 0.272 e. The minimum Gasteiger partial charge on any atom is -0.346 e. The molecule has 1 amide bonds. The van der Waals surface area contributed by atoms with E-state index >= 15 is 0 Å². The lowest BCUT2D eigenvalue weighted by atomic mass is 10.2. The maximum atomic E-state index is 13.6. The molecule has 7 heteroatoms. The van der Waals surface area contributed by atoms with E-state index in [0.29, 0.717) is 22.6 Å². The van der Waals surface area contributed by atoms with Gasteiger partial charge in [0.2, 0.25) is 0 Å². The quantitative estimate of drug-likeness (QED) is 0.740. The van der Waals surface area contributed by atoms with Crippen LogP contribution in [0.15, 0.2) is 60.7 Å². The SMILES string of the molecule is N#Cc1ccccc1Nc1ccc(C(=O)NCc2ccccc2F)nn1. The van der Waals surface area contributed by atoms with Crippen molar-refractivity contribution in [1.29, 1.82) is 5.26 Å². The van der Waals surface area contributed by atoms with E-state index in [2.05, 4.69) is 26.9 Å². The van der Waals surface area contributed by atoms with E-state index in [9.17, 15) is 9.18 Å². The van der Waals surface area contributed by atoms with Crippen LogP contribution < -0.4 is 10.6 Å². The molecule has 0 spiro atoms. The Labute approximate surface area is 149 Å². The Kier molecular flexibility index (Phi) is 5.15. The summed E-state index contributed by atoms with van der Waals surface area (Å²) in [6.07, 6.45) is 0. The van der Waals surface area contributed by atoms with Crippen LogP contribution in [-0.2, 0) is 6.54 Å². The van der Waals surface area contributed by atoms with Crippen LogP contribution in [0.2, 0.25) is 0 Å². The summed E-state index contributed by atoms with van der Waals surface area (Å²) in [5.74, 6) is -0.433. The van der Waals surface area contributed by atoms with Crippen molar-refractivity contribution >= 4 is 17.4 Å². The Bertz CT molecular complexity index is 966. The van der Waals surface area contributed by atoms with Crippen molar-refractivity contribution in [3.63, 3.8) is 0 Å². The number of para-hydroxylation sites is 1. The van der Waals surface area contributed by atoms with Gasteiger partial charge in [-0.25, -0.2) is 4.39 Å². The van der Waals surface area contributed by atoms with Crippen molar-refractivity contribution in [1.82, 2.24) is 15.5 Å². The number of nitrogens with zero attached hydrogens (tertiary/aromatic N) is 3. The van der Waals surface area contributed by atoms with Crippen LogP contribution in [0.25, 0.3) is 0 Å². The molecule has 0 aliphatic rings. The van der Waals surface area contributed by atoms with Crippen molar-refractivity contribution < 1.29 is 9.18 Å². The maximum Gasteiger partial charge on any atom is 0.272 e. The van der Waals surface area contributed by atoms with Crippen LogP contribution in [0.1, 0.15) is 21.6 Å². The molecule has 0 aliphatic heterocycles. The van der Waals surface area contributed by atoms with Crippen LogP contribution in [0.4, 0.5) is 15.9 Å². The van der Waals surface area contributed by atoms with E-state index in [1.54, 1.807) is 48.5 Å². The zero-order valence-corrected chi connectivity index (χ0v) is 13.6. The molecule has 0 fully saturated rings. The zero-order chi connectivity index (χ0) is 18.4. The summed E-state index contributed by atoms with van der Waals surface area (Å²) in [5.41, 5.74) is 1.57. The van der Waals surface area contributed by atoms with Gasteiger partial charge in [0.1, 0.15) is 11.9 Å². The van der Waals surface area contributed by atoms with Crippen molar-refractivity contribution in [2.45, 2.75) is 6.54 Å².